The van der Waals surface area contributed by atoms with Crippen molar-refractivity contribution in [1.82, 2.24) is 10.9 Å². The molecule has 29 heavy (non-hydrogen) atoms. The molecule has 2 amide bonds. The van der Waals surface area contributed by atoms with Crippen LogP contribution in [0.4, 0.5) is 0 Å². The van der Waals surface area contributed by atoms with Gasteiger partial charge in [-0.2, -0.15) is 0 Å². The van der Waals surface area contributed by atoms with Crippen LogP contribution in [0.5, 0.6) is 11.5 Å². The molecule has 1 aromatic heterocycles. The Morgan fingerprint density at radius 3 is 2.34 bits per heavy atom. The summed E-state index contributed by atoms with van der Waals surface area (Å²) >= 11 is 6.13. The molecule has 7 nitrogen and oxygen atoms in total. The van der Waals surface area contributed by atoms with Gasteiger partial charge in [0.15, 0.2) is 23.9 Å². The van der Waals surface area contributed by atoms with E-state index in [9.17, 15) is 9.59 Å². The first-order valence-corrected chi connectivity index (χ1v) is 9.25. The molecule has 3 rings (SSSR count). The molecule has 0 atom stereocenters. The van der Waals surface area contributed by atoms with Gasteiger partial charge in [-0.05, 0) is 43.3 Å². The molecule has 8 heteroatoms. The lowest BCUT2D eigenvalue weighted by Crippen LogP contribution is -2.43. The van der Waals surface area contributed by atoms with Crippen LogP contribution in [0.1, 0.15) is 17.5 Å². The molecule has 1 heterocycles. The molecule has 2 aromatic carbocycles. The summed E-state index contributed by atoms with van der Waals surface area (Å²) in [6.07, 6.45) is 0. The maximum atomic E-state index is 12.2. The Bertz CT molecular complexity index is 1000. The zero-order valence-corrected chi connectivity index (χ0v) is 16.4. The molecular weight excluding hydrogens is 396 g/mol. The number of rotatable bonds is 7. The van der Waals surface area contributed by atoms with Gasteiger partial charge in [-0.1, -0.05) is 35.9 Å². The van der Waals surface area contributed by atoms with Crippen molar-refractivity contribution in [2.45, 2.75) is 6.92 Å². The minimum atomic E-state index is -0.605. The third-order valence-corrected chi connectivity index (χ3v) is 4.12. The summed E-state index contributed by atoms with van der Waals surface area (Å²) in [6, 6.07) is 17.2. The second-order valence-corrected chi connectivity index (χ2v) is 6.22. The topological polar surface area (TPSA) is 89.8 Å². The fraction of sp³-hybridized carbons (Fsp3) is 0.143. The second-order valence-electron chi connectivity index (χ2n) is 5.81. The normalized spacial score (nSPS) is 10.3. The molecular formula is C21H19ClN2O5. The van der Waals surface area contributed by atoms with Gasteiger partial charge in [-0.15, -0.1) is 0 Å². The van der Waals surface area contributed by atoms with Crippen LogP contribution in [-0.2, 0) is 4.79 Å². The van der Waals surface area contributed by atoms with E-state index < -0.39 is 11.8 Å². The van der Waals surface area contributed by atoms with Gasteiger partial charge in [-0.25, -0.2) is 0 Å². The maximum absolute atomic E-state index is 12.2. The highest BCUT2D eigenvalue weighted by Gasteiger charge is 2.15. The van der Waals surface area contributed by atoms with E-state index in [0.717, 1.165) is 0 Å². The highest BCUT2D eigenvalue weighted by atomic mass is 35.5. The van der Waals surface area contributed by atoms with Crippen molar-refractivity contribution < 1.29 is 23.5 Å². The van der Waals surface area contributed by atoms with Crippen molar-refractivity contribution in [2.24, 2.45) is 0 Å². The van der Waals surface area contributed by atoms with Gasteiger partial charge in [0.25, 0.3) is 5.91 Å². The molecule has 0 aliphatic rings. The molecule has 0 radical (unpaired) electrons. The Balaban J connectivity index is 1.52. The predicted molar refractivity (Wildman–Crippen MR) is 108 cm³/mol. The van der Waals surface area contributed by atoms with E-state index >= 15 is 0 Å². The molecule has 0 bridgehead atoms. The Kier molecular flexibility index (Phi) is 6.76. The molecule has 2 N–H and O–H groups in total. The van der Waals surface area contributed by atoms with E-state index in [-0.39, 0.29) is 12.4 Å². The average Bonchev–Trinajstić information content (AvgIpc) is 3.22. The molecule has 0 unspecified atom stereocenters. The van der Waals surface area contributed by atoms with Crippen molar-refractivity contribution in [2.75, 3.05) is 13.2 Å². The molecule has 0 aliphatic carbocycles. The number of amides is 2. The average molecular weight is 415 g/mol. The van der Waals surface area contributed by atoms with Gasteiger partial charge < -0.3 is 13.9 Å². The van der Waals surface area contributed by atoms with E-state index in [1.165, 1.54) is 6.07 Å². The Labute approximate surface area is 172 Å². The Hall–Kier alpha value is -3.45. The number of hydrogen-bond donors (Lipinski definition) is 2. The molecule has 0 saturated carbocycles. The number of furan rings is 1. The van der Waals surface area contributed by atoms with Crippen LogP contribution in [0.2, 0.25) is 5.02 Å². The first-order valence-electron chi connectivity index (χ1n) is 8.87. The second kappa shape index (κ2) is 9.66. The molecule has 0 fully saturated rings. The van der Waals surface area contributed by atoms with Gasteiger partial charge in [0.05, 0.1) is 11.6 Å². The van der Waals surface area contributed by atoms with E-state index in [2.05, 4.69) is 10.9 Å². The Morgan fingerprint density at radius 2 is 1.62 bits per heavy atom. The minimum Gasteiger partial charge on any atom is -0.490 e. The number of benzene rings is 2. The van der Waals surface area contributed by atoms with Crippen molar-refractivity contribution in [3.05, 3.63) is 71.4 Å². The first kappa shape index (κ1) is 20.3. The lowest BCUT2D eigenvalue weighted by Gasteiger charge is -2.11. The van der Waals surface area contributed by atoms with Crippen molar-refractivity contribution in [3.63, 3.8) is 0 Å². The summed E-state index contributed by atoms with van der Waals surface area (Å²) in [5.41, 5.74) is 5.22. The van der Waals surface area contributed by atoms with Gasteiger partial charge in [0.1, 0.15) is 5.76 Å². The van der Waals surface area contributed by atoms with Gasteiger partial charge >= 0.3 is 5.91 Å². The number of hydrogen-bond acceptors (Lipinski definition) is 5. The third-order valence-electron chi connectivity index (χ3n) is 3.79. The van der Waals surface area contributed by atoms with E-state index in [1.54, 1.807) is 48.5 Å². The van der Waals surface area contributed by atoms with Crippen LogP contribution in [-0.4, -0.2) is 25.0 Å². The van der Waals surface area contributed by atoms with Crippen LogP contribution in [0, 0.1) is 0 Å². The lowest BCUT2D eigenvalue weighted by molar-refractivity contribution is -0.123. The quantitative estimate of drug-likeness (QED) is 0.573. The fourth-order valence-corrected chi connectivity index (χ4v) is 2.71. The summed E-state index contributed by atoms with van der Waals surface area (Å²) in [5, 5.41) is 0.506. The van der Waals surface area contributed by atoms with Crippen LogP contribution >= 0.6 is 11.6 Å². The number of halogens is 1. The van der Waals surface area contributed by atoms with Gasteiger partial charge in [0.2, 0.25) is 0 Å². The minimum absolute atomic E-state index is 0.0304. The number of ether oxygens (including phenoxy) is 2. The largest absolute Gasteiger partial charge is 0.490 e. The summed E-state index contributed by atoms with van der Waals surface area (Å²) in [7, 11) is 0. The number of carbonyl (C=O) groups is 2. The smallest absolute Gasteiger partial charge is 0.305 e. The van der Waals surface area contributed by atoms with Crippen LogP contribution in [0.25, 0.3) is 11.3 Å². The lowest BCUT2D eigenvalue weighted by atomic mass is 10.2. The van der Waals surface area contributed by atoms with E-state index in [0.29, 0.717) is 34.5 Å². The first-order chi connectivity index (χ1) is 14.1. The number of para-hydroxylation sites is 2. The third kappa shape index (κ3) is 5.30. The van der Waals surface area contributed by atoms with Gasteiger partial charge in [0, 0.05) is 5.56 Å². The SMILES string of the molecule is CCOc1ccccc1OCC(=O)NNC(=O)c1ccc(-c2ccccc2Cl)o1. The summed E-state index contributed by atoms with van der Waals surface area (Å²) in [6.45, 7) is 2.03. The zero-order valence-electron chi connectivity index (χ0n) is 15.6. The standard InChI is InChI=1S/C21H19ClN2O5/c1-2-27-17-9-5-6-10-18(17)28-13-20(25)23-24-21(26)19-12-11-16(29-19)14-7-3-4-8-15(14)22/h3-12H,2,13H2,1H3,(H,23,25)(H,24,26). The van der Waals surface area contributed by atoms with Crippen molar-refractivity contribution >= 4 is 23.4 Å². The van der Waals surface area contributed by atoms with Crippen LogP contribution < -0.4 is 20.3 Å². The summed E-state index contributed by atoms with van der Waals surface area (Å²) in [5.74, 6) is 0.306. The molecule has 0 spiro atoms. The number of hydrazine groups is 1. The zero-order chi connectivity index (χ0) is 20.6. The molecule has 3 aromatic rings. The van der Waals surface area contributed by atoms with E-state index in [4.69, 9.17) is 25.5 Å². The summed E-state index contributed by atoms with van der Waals surface area (Å²) in [4.78, 5) is 24.1. The van der Waals surface area contributed by atoms with Crippen LogP contribution in [0.15, 0.2) is 65.1 Å². The summed E-state index contributed by atoms with van der Waals surface area (Å²) < 4.78 is 16.4. The predicted octanol–water partition coefficient (Wildman–Crippen LogP) is 3.84. The maximum Gasteiger partial charge on any atom is 0.305 e. The van der Waals surface area contributed by atoms with Gasteiger partial charge in [-0.3, -0.25) is 20.4 Å². The van der Waals surface area contributed by atoms with E-state index in [1.807, 2.05) is 13.0 Å². The molecule has 150 valence electrons. The Morgan fingerprint density at radius 1 is 0.931 bits per heavy atom. The van der Waals surface area contributed by atoms with Crippen molar-refractivity contribution in [3.8, 4) is 22.8 Å². The number of nitrogens with one attached hydrogen (secondary N) is 2. The molecule has 0 saturated heterocycles. The molecule has 0 aliphatic heterocycles. The van der Waals surface area contributed by atoms with Crippen LogP contribution in [0.3, 0.4) is 0 Å². The highest BCUT2D eigenvalue weighted by Crippen LogP contribution is 2.29. The highest BCUT2D eigenvalue weighted by molar-refractivity contribution is 6.33. The number of carbonyl (C=O) groups excluding carboxylic acids is 2. The van der Waals surface area contributed by atoms with Crippen molar-refractivity contribution in [1.29, 1.82) is 0 Å². The fourth-order valence-electron chi connectivity index (χ4n) is 2.48. The monoisotopic (exact) mass is 414 g/mol.